The molecule has 0 heterocycles. The first-order valence-corrected chi connectivity index (χ1v) is 5.54. The van der Waals surface area contributed by atoms with Crippen molar-refractivity contribution in [3.05, 3.63) is 53.6 Å². The molecule has 0 amide bonds. The quantitative estimate of drug-likeness (QED) is 0.642. The Balaban J connectivity index is 2.78. The van der Waals surface area contributed by atoms with Crippen LogP contribution in [0.2, 0.25) is 0 Å². The lowest BCUT2D eigenvalue weighted by atomic mass is 9.93. The molecule has 1 N–H and O–H groups in total. The van der Waals surface area contributed by atoms with Crippen LogP contribution in [0.25, 0.3) is 11.1 Å². The third kappa shape index (κ3) is 1.99. The minimum Gasteiger partial charge on any atom is -0.507 e. The highest BCUT2D eigenvalue weighted by molar-refractivity contribution is 6.02. The number of phenolic OH excluding ortho intramolecular Hbond substituents is 1. The Morgan fingerprint density at radius 3 is 2.56 bits per heavy atom. The second kappa shape index (κ2) is 4.77. The van der Waals surface area contributed by atoms with Gasteiger partial charge in [0, 0.05) is 16.7 Å². The van der Waals surface area contributed by atoms with Gasteiger partial charge in [0.2, 0.25) is 0 Å². The topological polar surface area (TPSA) is 37.3 Å². The molecule has 0 aliphatic rings. The van der Waals surface area contributed by atoms with Crippen LogP contribution < -0.4 is 0 Å². The maximum Gasteiger partial charge on any atom is 0.160 e. The molecule has 0 fully saturated rings. The van der Waals surface area contributed by atoms with E-state index < -0.39 is 0 Å². The van der Waals surface area contributed by atoms with Gasteiger partial charge in [-0.25, -0.2) is 0 Å². The summed E-state index contributed by atoms with van der Waals surface area (Å²) in [6, 6.07) is 12.1. The maximum atomic E-state index is 11.6. The van der Waals surface area contributed by atoms with E-state index in [1.165, 1.54) is 6.92 Å². The Bertz CT molecular complexity index is 648. The number of terminal acetylenes is 1. The lowest BCUT2D eigenvalue weighted by Crippen LogP contribution is -1.97. The molecule has 2 rings (SSSR count). The second-order valence-electron chi connectivity index (χ2n) is 3.95. The molecule has 0 aromatic heterocycles. The second-order valence-corrected chi connectivity index (χ2v) is 3.95. The summed E-state index contributed by atoms with van der Waals surface area (Å²) in [4.78, 5) is 11.6. The van der Waals surface area contributed by atoms with E-state index in [1.807, 2.05) is 6.07 Å². The summed E-state index contributed by atoms with van der Waals surface area (Å²) in [5.74, 6) is 2.55. The SMILES string of the molecule is C#Cc1cccc(O)c1-c1ccccc1C(C)=O. The zero-order valence-electron chi connectivity index (χ0n) is 9.97. The monoisotopic (exact) mass is 236 g/mol. The molecule has 0 bridgehead atoms. The molecule has 2 heteroatoms. The minimum absolute atomic E-state index is 0.0585. The molecule has 0 radical (unpaired) electrons. The van der Waals surface area contributed by atoms with Crippen molar-refractivity contribution in [2.75, 3.05) is 0 Å². The van der Waals surface area contributed by atoms with E-state index in [0.29, 0.717) is 22.3 Å². The van der Waals surface area contributed by atoms with Crippen molar-refractivity contribution in [2.45, 2.75) is 6.92 Å². The van der Waals surface area contributed by atoms with Gasteiger partial charge < -0.3 is 5.11 Å². The predicted octanol–water partition coefficient (Wildman–Crippen LogP) is 3.24. The Labute approximate surface area is 106 Å². The van der Waals surface area contributed by atoms with Crippen LogP contribution in [0.4, 0.5) is 0 Å². The molecule has 0 aliphatic heterocycles. The van der Waals surface area contributed by atoms with Crippen LogP contribution in [0.15, 0.2) is 42.5 Å². The third-order valence-corrected chi connectivity index (χ3v) is 2.77. The number of Topliss-reactive ketones (excluding diaryl/α,β-unsaturated/α-hetero) is 1. The van der Waals surface area contributed by atoms with Crippen LogP contribution in [0.5, 0.6) is 5.75 Å². The Hall–Kier alpha value is -2.53. The number of carbonyl (C=O) groups is 1. The maximum absolute atomic E-state index is 11.6. The van der Waals surface area contributed by atoms with E-state index in [4.69, 9.17) is 6.42 Å². The zero-order valence-corrected chi connectivity index (χ0v) is 9.97. The van der Waals surface area contributed by atoms with E-state index in [0.717, 1.165) is 0 Å². The number of hydrogen-bond donors (Lipinski definition) is 1. The van der Waals surface area contributed by atoms with E-state index in [1.54, 1.807) is 36.4 Å². The number of aromatic hydroxyl groups is 1. The van der Waals surface area contributed by atoms with Gasteiger partial charge in [0.1, 0.15) is 5.75 Å². The molecular weight excluding hydrogens is 224 g/mol. The molecule has 0 unspecified atom stereocenters. The standard InChI is InChI=1S/C16H12O2/c1-3-12-7-6-10-15(18)16(12)14-9-5-4-8-13(14)11(2)17/h1,4-10,18H,2H3. The molecule has 0 spiro atoms. The molecule has 0 saturated carbocycles. The summed E-state index contributed by atoms with van der Waals surface area (Å²) in [6.07, 6.45) is 5.44. The third-order valence-electron chi connectivity index (χ3n) is 2.77. The fourth-order valence-corrected chi connectivity index (χ4v) is 1.95. The number of ketones is 1. The Kier molecular flexibility index (Phi) is 3.16. The summed E-state index contributed by atoms with van der Waals surface area (Å²) in [5.41, 5.74) is 2.32. The van der Waals surface area contributed by atoms with Crippen molar-refractivity contribution in [3.63, 3.8) is 0 Å². The first kappa shape index (κ1) is 11.9. The van der Waals surface area contributed by atoms with Gasteiger partial charge in [-0.1, -0.05) is 36.3 Å². The van der Waals surface area contributed by atoms with E-state index in [-0.39, 0.29) is 11.5 Å². The average Bonchev–Trinajstić information content (AvgIpc) is 2.38. The summed E-state index contributed by atoms with van der Waals surface area (Å²) < 4.78 is 0. The Morgan fingerprint density at radius 2 is 1.89 bits per heavy atom. The molecule has 0 saturated heterocycles. The normalized spacial score (nSPS) is 9.78. The highest BCUT2D eigenvalue weighted by Crippen LogP contribution is 2.34. The average molecular weight is 236 g/mol. The van der Waals surface area contributed by atoms with Crippen LogP contribution in [0.3, 0.4) is 0 Å². The molecule has 2 aromatic rings. The summed E-state index contributed by atoms with van der Waals surface area (Å²) in [6.45, 7) is 1.49. The minimum atomic E-state index is -0.0585. The van der Waals surface area contributed by atoms with Crippen LogP contribution in [0.1, 0.15) is 22.8 Å². The van der Waals surface area contributed by atoms with Crippen molar-refractivity contribution < 1.29 is 9.90 Å². The van der Waals surface area contributed by atoms with Crippen LogP contribution in [-0.2, 0) is 0 Å². The van der Waals surface area contributed by atoms with Gasteiger partial charge in [-0.05, 0) is 24.6 Å². The first-order valence-electron chi connectivity index (χ1n) is 5.54. The Morgan fingerprint density at radius 1 is 1.17 bits per heavy atom. The number of phenols is 1. The van der Waals surface area contributed by atoms with Gasteiger partial charge in [0.05, 0.1) is 0 Å². The fraction of sp³-hybridized carbons (Fsp3) is 0.0625. The summed E-state index contributed by atoms with van der Waals surface area (Å²) >= 11 is 0. The van der Waals surface area contributed by atoms with E-state index >= 15 is 0 Å². The molecule has 88 valence electrons. The lowest BCUT2D eigenvalue weighted by molar-refractivity contribution is 0.101. The number of carbonyl (C=O) groups excluding carboxylic acids is 1. The molecule has 2 nitrogen and oxygen atoms in total. The summed E-state index contributed by atoms with van der Waals surface area (Å²) in [5, 5.41) is 9.98. The van der Waals surface area contributed by atoms with Gasteiger partial charge in [0.15, 0.2) is 5.78 Å². The lowest BCUT2D eigenvalue weighted by Gasteiger charge is -2.11. The largest absolute Gasteiger partial charge is 0.507 e. The summed E-state index contributed by atoms with van der Waals surface area (Å²) in [7, 11) is 0. The highest BCUT2D eigenvalue weighted by Gasteiger charge is 2.14. The van der Waals surface area contributed by atoms with Crippen LogP contribution in [-0.4, -0.2) is 10.9 Å². The van der Waals surface area contributed by atoms with Gasteiger partial charge in [-0.3, -0.25) is 4.79 Å². The zero-order chi connectivity index (χ0) is 13.1. The van der Waals surface area contributed by atoms with Crippen molar-refractivity contribution in [1.29, 1.82) is 0 Å². The van der Waals surface area contributed by atoms with Crippen LogP contribution in [0, 0.1) is 12.3 Å². The number of benzene rings is 2. The van der Waals surface area contributed by atoms with Crippen molar-refractivity contribution >= 4 is 5.78 Å². The van der Waals surface area contributed by atoms with Crippen molar-refractivity contribution in [1.82, 2.24) is 0 Å². The van der Waals surface area contributed by atoms with Gasteiger partial charge in [-0.15, -0.1) is 6.42 Å². The first-order chi connectivity index (χ1) is 8.65. The van der Waals surface area contributed by atoms with Gasteiger partial charge in [-0.2, -0.15) is 0 Å². The highest BCUT2D eigenvalue weighted by atomic mass is 16.3. The smallest absolute Gasteiger partial charge is 0.160 e. The van der Waals surface area contributed by atoms with Crippen molar-refractivity contribution in [3.8, 4) is 29.2 Å². The fourth-order valence-electron chi connectivity index (χ4n) is 1.95. The van der Waals surface area contributed by atoms with Gasteiger partial charge in [0.25, 0.3) is 0 Å². The number of hydrogen-bond acceptors (Lipinski definition) is 2. The molecule has 0 atom stereocenters. The van der Waals surface area contributed by atoms with E-state index in [9.17, 15) is 9.90 Å². The molecular formula is C16H12O2. The predicted molar refractivity (Wildman–Crippen MR) is 71.5 cm³/mol. The molecule has 0 aliphatic carbocycles. The molecule has 18 heavy (non-hydrogen) atoms. The number of rotatable bonds is 2. The van der Waals surface area contributed by atoms with Crippen LogP contribution >= 0.6 is 0 Å². The van der Waals surface area contributed by atoms with E-state index in [2.05, 4.69) is 5.92 Å². The molecule has 2 aromatic carbocycles. The van der Waals surface area contributed by atoms with Gasteiger partial charge >= 0.3 is 0 Å². The van der Waals surface area contributed by atoms with Crippen molar-refractivity contribution in [2.24, 2.45) is 0 Å².